The van der Waals surface area contributed by atoms with Gasteiger partial charge in [0.05, 0.1) is 24.7 Å². The van der Waals surface area contributed by atoms with Gasteiger partial charge in [0.25, 0.3) is 6.01 Å². The fourth-order valence-electron chi connectivity index (χ4n) is 4.63. The molecule has 1 saturated carbocycles. The second-order valence-corrected chi connectivity index (χ2v) is 8.66. The molecule has 2 aromatic heterocycles. The van der Waals surface area contributed by atoms with E-state index in [1.165, 1.54) is 12.7 Å². The highest BCUT2D eigenvalue weighted by Crippen LogP contribution is 2.37. The van der Waals surface area contributed by atoms with Crippen LogP contribution in [0.15, 0.2) is 71.3 Å². The molecule has 168 valence electrons. The lowest BCUT2D eigenvalue weighted by molar-refractivity contribution is -0.142. The predicted molar refractivity (Wildman–Crippen MR) is 128 cm³/mol. The summed E-state index contributed by atoms with van der Waals surface area (Å²) in [5.41, 5.74) is 5.77. The van der Waals surface area contributed by atoms with Gasteiger partial charge >= 0.3 is 5.97 Å². The van der Waals surface area contributed by atoms with Crippen LogP contribution >= 0.6 is 0 Å². The summed E-state index contributed by atoms with van der Waals surface area (Å²) in [6.07, 6.45) is 6.74. The average molecular weight is 442 g/mol. The first-order chi connectivity index (χ1) is 16.2. The summed E-state index contributed by atoms with van der Waals surface area (Å²) in [4.78, 5) is 20.6. The van der Waals surface area contributed by atoms with Crippen molar-refractivity contribution in [2.24, 2.45) is 5.92 Å². The van der Waals surface area contributed by atoms with Crippen LogP contribution in [0.3, 0.4) is 0 Å². The third kappa shape index (κ3) is 4.90. The minimum atomic E-state index is -0.0922. The molecule has 1 aliphatic carbocycles. The molecule has 33 heavy (non-hydrogen) atoms. The smallest absolute Gasteiger partial charge is 0.305 e. The Hall–Kier alpha value is -3.67. The summed E-state index contributed by atoms with van der Waals surface area (Å²) in [7, 11) is 1.46. The number of hydrogen-bond acceptors (Lipinski definition) is 6. The SMILES string of the molecule is COC(=O)C[C@H]1CC[C@H](c2ccc(-c3ccc(Nc4nc5ccccc5o4)cn3)cc2)CC1. The largest absolute Gasteiger partial charge is 0.469 e. The number of nitrogens with zero attached hydrogens (tertiary/aromatic N) is 2. The number of anilines is 2. The first kappa shape index (κ1) is 21.2. The van der Waals surface area contributed by atoms with Crippen molar-refractivity contribution in [1.82, 2.24) is 9.97 Å². The first-order valence-corrected chi connectivity index (χ1v) is 11.4. The van der Waals surface area contributed by atoms with Crippen molar-refractivity contribution >= 4 is 28.8 Å². The molecule has 0 spiro atoms. The van der Waals surface area contributed by atoms with Crippen LogP contribution < -0.4 is 5.32 Å². The lowest BCUT2D eigenvalue weighted by atomic mass is 9.77. The number of benzene rings is 2. The second-order valence-electron chi connectivity index (χ2n) is 8.66. The highest BCUT2D eigenvalue weighted by molar-refractivity contribution is 5.75. The van der Waals surface area contributed by atoms with Crippen molar-refractivity contribution in [2.45, 2.75) is 38.0 Å². The zero-order valence-corrected chi connectivity index (χ0v) is 18.7. The number of fused-ring (bicyclic) bond motifs is 1. The maximum absolute atomic E-state index is 11.5. The molecular formula is C27H27N3O3. The van der Waals surface area contributed by atoms with Gasteiger partial charge in [-0.2, -0.15) is 4.98 Å². The normalized spacial score (nSPS) is 18.2. The molecule has 1 N–H and O–H groups in total. The topological polar surface area (TPSA) is 77.2 Å². The number of carbonyl (C=O) groups is 1. The molecule has 0 radical (unpaired) electrons. The number of methoxy groups -OCH3 is 1. The number of aromatic nitrogens is 2. The van der Waals surface area contributed by atoms with Gasteiger partial charge in [-0.05, 0) is 67.3 Å². The number of nitrogens with one attached hydrogen (secondary N) is 1. The minimum absolute atomic E-state index is 0.0922. The number of esters is 1. The molecule has 0 unspecified atom stereocenters. The van der Waals surface area contributed by atoms with Crippen LogP contribution in [0.25, 0.3) is 22.4 Å². The summed E-state index contributed by atoms with van der Waals surface area (Å²) in [6.45, 7) is 0. The Kier molecular flexibility index (Phi) is 6.07. The van der Waals surface area contributed by atoms with Gasteiger partial charge in [0.1, 0.15) is 5.52 Å². The number of pyridine rings is 1. The van der Waals surface area contributed by atoms with E-state index in [2.05, 4.69) is 39.6 Å². The van der Waals surface area contributed by atoms with Gasteiger partial charge in [0, 0.05) is 12.0 Å². The van der Waals surface area contributed by atoms with Gasteiger partial charge in [-0.3, -0.25) is 9.78 Å². The summed E-state index contributed by atoms with van der Waals surface area (Å²) in [5.74, 6) is 0.924. The molecule has 2 aromatic carbocycles. The van der Waals surface area contributed by atoms with Gasteiger partial charge in [-0.1, -0.05) is 36.4 Å². The molecule has 4 aromatic rings. The highest BCUT2D eigenvalue weighted by Gasteiger charge is 2.24. The third-order valence-electron chi connectivity index (χ3n) is 6.52. The van der Waals surface area contributed by atoms with E-state index >= 15 is 0 Å². The molecule has 0 amide bonds. The van der Waals surface area contributed by atoms with Crippen LogP contribution in [0.1, 0.15) is 43.6 Å². The molecule has 1 aliphatic rings. The van der Waals surface area contributed by atoms with Crippen LogP contribution in [0, 0.1) is 5.92 Å². The number of para-hydroxylation sites is 2. The molecule has 1 fully saturated rings. The second kappa shape index (κ2) is 9.45. The van der Waals surface area contributed by atoms with Crippen molar-refractivity contribution in [3.8, 4) is 11.3 Å². The summed E-state index contributed by atoms with van der Waals surface area (Å²) in [5, 5.41) is 3.17. The summed E-state index contributed by atoms with van der Waals surface area (Å²) in [6, 6.07) is 20.8. The Balaban J connectivity index is 1.20. The molecular weight excluding hydrogens is 414 g/mol. The number of ether oxygens (including phenoxy) is 1. The van der Waals surface area contributed by atoms with E-state index in [-0.39, 0.29) is 5.97 Å². The van der Waals surface area contributed by atoms with Gasteiger partial charge in [-0.25, -0.2) is 0 Å². The molecule has 2 heterocycles. The van der Waals surface area contributed by atoms with E-state index in [1.54, 1.807) is 6.20 Å². The highest BCUT2D eigenvalue weighted by atomic mass is 16.5. The molecule has 0 bridgehead atoms. The first-order valence-electron chi connectivity index (χ1n) is 11.4. The van der Waals surface area contributed by atoms with E-state index in [0.29, 0.717) is 24.3 Å². The Morgan fingerprint density at radius 1 is 1.03 bits per heavy atom. The van der Waals surface area contributed by atoms with E-state index < -0.39 is 0 Å². The van der Waals surface area contributed by atoms with Gasteiger partial charge < -0.3 is 14.5 Å². The van der Waals surface area contributed by atoms with E-state index in [4.69, 9.17) is 9.15 Å². The average Bonchev–Trinajstić information content (AvgIpc) is 3.27. The van der Waals surface area contributed by atoms with E-state index in [1.807, 2.05) is 36.4 Å². The Morgan fingerprint density at radius 3 is 2.52 bits per heavy atom. The van der Waals surface area contributed by atoms with Crippen LogP contribution in [-0.2, 0) is 9.53 Å². The van der Waals surface area contributed by atoms with Crippen molar-refractivity contribution < 1.29 is 13.9 Å². The third-order valence-corrected chi connectivity index (χ3v) is 6.52. The number of oxazole rings is 1. The van der Waals surface area contributed by atoms with E-state index in [0.717, 1.165) is 53.7 Å². The quantitative estimate of drug-likeness (QED) is 0.346. The van der Waals surface area contributed by atoms with Gasteiger partial charge in [-0.15, -0.1) is 0 Å². The van der Waals surface area contributed by atoms with Gasteiger partial charge in [0.2, 0.25) is 0 Å². The Bertz CT molecular complexity index is 1190. The summed E-state index contributed by atoms with van der Waals surface area (Å²) < 4.78 is 10.5. The Morgan fingerprint density at radius 2 is 1.82 bits per heavy atom. The van der Waals surface area contributed by atoms with E-state index in [9.17, 15) is 4.79 Å². The van der Waals surface area contributed by atoms with Gasteiger partial charge in [0.15, 0.2) is 5.58 Å². The minimum Gasteiger partial charge on any atom is -0.469 e. The van der Waals surface area contributed by atoms with Crippen LogP contribution in [0.5, 0.6) is 0 Å². The zero-order chi connectivity index (χ0) is 22.6. The molecule has 5 rings (SSSR count). The van der Waals surface area contributed by atoms with Crippen molar-refractivity contribution in [1.29, 1.82) is 0 Å². The maximum atomic E-state index is 11.5. The standard InChI is InChI=1S/C27H27N3O3/c1-32-26(31)16-18-6-8-19(9-7-18)20-10-12-21(13-11-20)23-15-14-22(17-28-23)29-27-30-24-4-2-3-5-25(24)33-27/h2-5,10-15,17-19H,6-9,16H2,1H3,(H,29,30)/t18-,19-. The lowest BCUT2D eigenvalue weighted by Gasteiger charge is -2.28. The lowest BCUT2D eigenvalue weighted by Crippen LogP contribution is -2.17. The molecule has 6 nitrogen and oxygen atoms in total. The molecule has 0 atom stereocenters. The monoisotopic (exact) mass is 441 g/mol. The number of rotatable bonds is 6. The van der Waals surface area contributed by atoms with Crippen molar-refractivity contribution in [3.05, 3.63) is 72.4 Å². The van der Waals surface area contributed by atoms with Crippen LogP contribution in [-0.4, -0.2) is 23.0 Å². The van der Waals surface area contributed by atoms with Crippen molar-refractivity contribution in [2.75, 3.05) is 12.4 Å². The summed E-state index contributed by atoms with van der Waals surface area (Å²) >= 11 is 0. The molecule has 6 heteroatoms. The fraction of sp³-hybridized carbons (Fsp3) is 0.296. The number of carbonyl (C=O) groups excluding carboxylic acids is 1. The Labute approximate surface area is 193 Å². The van der Waals surface area contributed by atoms with Crippen molar-refractivity contribution in [3.63, 3.8) is 0 Å². The fourth-order valence-corrected chi connectivity index (χ4v) is 4.63. The molecule has 0 saturated heterocycles. The maximum Gasteiger partial charge on any atom is 0.305 e. The number of hydrogen-bond donors (Lipinski definition) is 1. The molecule has 0 aliphatic heterocycles. The van der Waals surface area contributed by atoms with Crippen LogP contribution in [0.4, 0.5) is 11.7 Å². The van der Waals surface area contributed by atoms with Crippen LogP contribution in [0.2, 0.25) is 0 Å². The zero-order valence-electron chi connectivity index (χ0n) is 18.7. The predicted octanol–water partition coefficient (Wildman–Crippen LogP) is 6.47.